The Bertz CT molecular complexity index is 815. The van der Waals surface area contributed by atoms with E-state index in [0.29, 0.717) is 18.2 Å². The maximum Gasteiger partial charge on any atom is 0.129 e. The van der Waals surface area contributed by atoms with Crippen LogP contribution < -0.4 is 5.32 Å². The van der Waals surface area contributed by atoms with E-state index in [9.17, 15) is 5.11 Å². The molecule has 0 bridgehead atoms. The number of nitrogens with one attached hydrogen (secondary N) is 1. The summed E-state index contributed by atoms with van der Waals surface area (Å²) in [6, 6.07) is 12.0. The van der Waals surface area contributed by atoms with Gasteiger partial charge >= 0.3 is 0 Å². The summed E-state index contributed by atoms with van der Waals surface area (Å²) in [6.45, 7) is 2.79. The average molecular weight is 325 g/mol. The van der Waals surface area contributed by atoms with Crippen molar-refractivity contribution < 1.29 is 9.52 Å². The van der Waals surface area contributed by atoms with Gasteiger partial charge in [0.2, 0.25) is 0 Å². The van der Waals surface area contributed by atoms with Gasteiger partial charge in [0.05, 0.1) is 17.6 Å². The predicted octanol–water partition coefficient (Wildman–Crippen LogP) is 2.71. The minimum atomic E-state index is -0.0629. The number of fused-ring (bicyclic) bond motifs is 1. The largest absolute Gasteiger partial charge is 0.462 e. The molecule has 126 valence electrons. The molecule has 0 radical (unpaired) electrons. The van der Waals surface area contributed by atoms with Crippen LogP contribution in [0.4, 0.5) is 0 Å². The third-order valence-electron chi connectivity index (χ3n) is 4.85. The number of hydrogen-bond donors (Lipinski definition) is 2. The average Bonchev–Trinajstić information content (AvgIpc) is 3.21. The highest BCUT2D eigenvalue weighted by Crippen LogP contribution is 2.23. The SMILES string of the molecule is OCc1ccc(Cn2c(CC3CCNCC3)nc3ccccc32)o1. The maximum absolute atomic E-state index is 9.20. The lowest BCUT2D eigenvalue weighted by atomic mass is 9.94. The van der Waals surface area contributed by atoms with Crippen molar-refractivity contribution in [1.29, 1.82) is 0 Å². The molecule has 0 amide bonds. The number of aliphatic hydroxyl groups excluding tert-OH is 1. The van der Waals surface area contributed by atoms with Gasteiger partial charge in [-0.1, -0.05) is 12.1 Å². The zero-order valence-electron chi connectivity index (χ0n) is 13.7. The molecule has 1 saturated heterocycles. The Labute approximate surface area is 141 Å². The van der Waals surface area contributed by atoms with Crippen LogP contribution in [0.1, 0.15) is 30.2 Å². The first-order chi connectivity index (χ1) is 11.8. The number of piperidine rings is 1. The van der Waals surface area contributed by atoms with Crippen molar-refractivity contribution >= 4 is 11.0 Å². The second-order valence-electron chi connectivity index (χ2n) is 6.53. The zero-order chi connectivity index (χ0) is 16.4. The Kier molecular flexibility index (Phi) is 4.36. The monoisotopic (exact) mass is 325 g/mol. The van der Waals surface area contributed by atoms with Crippen LogP contribution in [-0.4, -0.2) is 27.7 Å². The van der Waals surface area contributed by atoms with E-state index >= 15 is 0 Å². The highest BCUT2D eigenvalue weighted by molar-refractivity contribution is 5.76. The molecular formula is C19H23N3O2. The normalized spacial score (nSPS) is 16.0. The van der Waals surface area contributed by atoms with Gasteiger partial charge in [-0.25, -0.2) is 4.98 Å². The molecule has 0 spiro atoms. The Morgan fingerprint density at radius 3 is 2.71 bits per heavy atom. The van der Waals surface area contributed by atoms with Crippen molar-refractivity contribution in [2.24, 2.45) is 5.92 Å². The summed E-state index contributed by atoms with van der Waals surface area (Å²) < 4.78 is 7.95. The summed E-state index contributed by atoms with van der Waals surface area (Å²) in [6.07, 6.45) is 3.42. The standard InChI is InChI=1S/C19H23N3O2/c23-13-16-6-5-15(24-16)12-22-18-4-2-1-3-17(18)21-19(22)11-14-7-9-20-10-8-14/h1-6,14,20,23H,7-13H2. The summed E-state index contributed by atoms with van der Waals surface area (Å²) >= 11 is 0. The van der Waals surface area contributed by atoms with Gasteiger partial charge < -0.3 is 19.4 Å². The Hall–Kier alpha value is -2.11. The topological polar surface area (TPSA) is 63.2 Å². The summed E-state index contributed by atoms with van der Waals surface area (Å²) in [5.41, 5.74) is 2.18. The quantitative estimate of drug-likeness (QED) is 0.757. The number of aliphatic hydroxyl groups is 1. The fourth-order valence-corrected chi connectivity index (χ4v) is 3.55. The highest BCUT2D eigenvalue weighted by Gasteiger charge is 2.19. The second-order valence-corrected chi connectivity index (χ2v) is 6.53. The molecule has 1 aromatic carbocycles. The van der Waals surface area contributed by atoms with Gasteiger partial charge in [-0.3, -0.25) is 0 Å². The molecule has 0 saturated carbocycles. The fourth-order valence-electron chi connectivity index (χ4n) is 3.55. The Balaban J connectivity index is 1.66. The van der Waals surface area contributed by atoms with E-state index in [4.69, 9.17) is 9.40 Å². The number of rotatable bonds is 5. The molecule has 5 heteroatoms. The number of hydrogen-bond acceptors (Lipinski definition) is 4. The van der Waals surface area contributed by atoms with Crippen LogP contribution in [0.2, 0.25) is 0 Å². The van der Waals surface area contributed by atoms with E-state index in [1.165, 1.54) is 12.8 Å². The van der Waals surface area contributed by atoms with Crippen molar-refractivity contribution in [1.82, 2.24) is 14.9 Å². The van der Waals surface area contributed by atoms with Gasteiger partial charge in [0, 0.05) is 6.42 Å². The van der Waals surface area contributed by atoms with Crippen LogP contribution in [-0.2, 0) is 19.6 Å². The molecule has 24 heavy (non-hydrogen) atoms. The van der Waals surface area contributed by atoms with E-state index in [2.05, 4.69) is 28.1 Å². The maximum atomic E-state index is 9.20. The first-order valence-electron chi connectivity index (χ1n) is 8.67. The molecule has 1 aliphatic heterocycles. The molecule has 0 aliphatic carbocycles. The van der Waals surface area contributed by atoms with Crippen LogP contribution >= 0.6 is 0 Å². The lowest BCUT2D eigenvalue weighted by molar-refractivity contribution is 0.243. The minimum Gasteiger partial charge on any atom is -0.462 e. The third-order valence-corrected chi connectivity index (χ3v) is 4.85. The van der Waals surface area contributed by atoms with Gasteiger partial charge in [-0.15, -0.1) is 0 Å². The number of nitrogens with zero attached hydrogens (tertiary/aromatic N) is 2. The van der Waals surface area contributed by atoms with Crippen molar-refractivity contribution in [2.75, 3.05) is 13.1 Å². The Morgan fingerprint density at radius 2 is 1.92 bits per heavy atom. The number of para-hydroxylation sites is 2. The van der Waals surface area contributed by atoms with E-state index in [0.717, 1.165) is 42.1 Å². The minimum absolute atomic E-state index is 0.0629. The zero-order valence-corrected chi connectivity index (χ0v) is 13.7. The first-order valence-corrected chi connectivity index (χ1v) is 8.67. The molecule has 3 aromatic rings. The van der Waals surface area contributed by atoms with Gasteiger partial charge in [0.15, 0.2) is 0 Å². The number of aromatic nitrogens is 2. The molecular weight excluding hydrogens is 302 g/mol. The molecule has 0 atom stereocenters. The molecule has 4 rings (SSSR count). The molecule has 2 aromatic heterocycles. The number of benzene rings is 1. The van der Waals surface area contributed by atoms with Crippen molar-refractivity contribution in [2.45, 2.75) is 32.4 Å². The van der Waals surface area contributed by atoms with Gasteiger partial charge in [0.25, 0.3) is 0 Å². The van der Waals surface area contributed by atoms with E-state index in [1.54, 1.807) is 0 Å². The summed E-state index contributed by atoms with van der Waals surface area (Å²) in [5, 5.41) is 12.6. The smallest absolute Gasteiger partial charge is 0.129 e. The molecule has 2 N–H and O–H groups in total. The first kappa shape index (κ1) is 15.4. The highest BCUT2D eigenvalue weighted by atomic mass is 16.4. The number of imidazole rings is 1. The molecule has 5 nitrogen and oxygen atoms in total. The second kappa shape index (κ2) is 6.79. The molecule has 1 fully saturated rings. The van der Waals surface area contributed by atoms with E-state index in [-0.39, 0.29) is 6.61 Å². The van der Waals surface area contributed by atoms with Crippen molar-refractivity contribution in [3.05, 3.63) is 53.7 Å². The molecule has 0 unspecified atom stereocenters. The lowest BCUT2D eigenvalue weighted by Gasteiger charge is -2.22. The van der Waals surface area contributed by atoms with Crippen molar-refractivity contribution in [3.63, 3.8) is 0 Å². The van der Waals surface area contributed by atoms with Crippen LogP contribution in [0.15, 0.2) is 40.8 Å². The fraction of sp³-hybridized carbons (Fsp3) is 0.421. The van der Waals surface area contributed by atoms with Crippen LogP contribution in [0.5, 0.6) is 0 Å². The van der Waals surface area contributed by atoms with Gasteiger partial charge in [-0.05, 0) is 56.1 Å². The van der Waals surface area contributed by atoms with Crippen molar-refractivity contribution in [3.8, 4) is 0 Å². The lowest BCUT2D eigenvalue weighted by Crippen LogP contribution is -2.29. The van der Waals surface area contributed by atoms with Crippen LogP contribution in [0.25, 0.3) is 11.0 Å². The van der Waals surface area contributed by atoms with E-state index in [1.807, 2.05) is 18.2 Å². The molecule has 3 heterocycles. The van der Waals surface area contributed by atoms with Gasteiger partial charge in [0.1, 0.15) is 24.0 Å². The predicted molar refractivity (Wildman–Crippen MR) is 92.8 cm³/mol. The summed E-state index contributed by atoms with van der Waals surface area (Å²) in [7, 11) is 0. The van der Waals surface area contributed by atoms with Gasteiger partial charge in [-0.2, -0.15) is 0 Å². The third kappa shape index (κ3) is 3.09. The summed E-state index contributed by atoms with van der Waals surface area (Å²) in [4.78, 5) is 4.88. The Morgan fingerprint density at radius 1 is 1.12 bits per heavy atom. The molecule has 1 aliphatic rings. The van der Waals surface area contributed by atoms with Crippen LogP contribution in [0, 0.1) is 5.92 Å². The number of furan rings is 1. The summed E-state index contributed by atoms with van der Waals surface area (Å²) in [5.74, 6) is 3.28. The van der Waals surface area contributed by atoms with E-state index < -0.39 is 0 Å². The van der Waals surface area contributed by atoms with Crippen LogP contribution in [0.3, 0.4) is 0 Å².